The van der Waals surface area contributed by atoms with Gasteiger partial charge in [-0.15, -0.1) is 0 Å². The molecule has 49 heavy (non-hydrogen) atoms. The average molecular weight is 677 g/mol. The summed E-state index contributed by atoms with van der Waals surface area (Å²) >= 11 is 1.24. The lowest BCUT2D eigenvalue weighted by atomic mass is 9.95. The molecule has 5 aromatic rings. The third-order valence-electron chi connectivity index (χ3n) is 7.84. The van der Waals surface area contributed by atoms with Gasteiger partial charge in [-0.3, -0.25) is 24.3 Å². The molecule has 0 unspecified atom stereocenters. The summed E-state index contributed by atoms with van der Waals surface area (Å²) in [4.78, 5) is 43.7. The van der Waals surface area contributed by atoms with Crippen LogP contribution in [0.3, 0.4) is 0 Å². The molecule has 0 bridgehead atoms. The maximum absolute atomic E-state index is 14.2. The summed E-state index contributed by atoms with van der Waals surface area (Å²) in [6.07, 6.45) is 1.76. The average Bonchev–Trinajstić information content (AvgIpc) is 3.41. The molecule has 248 valence electrons. The number of aromatic nitrogens is 1. The van der Waals surface area contributed by atoms with Gasteiger partial charge in [0.2, 0.25) is 0 Å². The Bertz CT molecular complexity index is 2230. The number of methoxy groups -OCH3 is 1. The number of fused-ring (bicyclic) bond motifs is 1. The van der Waals surface area contributed by atoms with Crippen molar-refractivity contribution >= 4 is 34.7 Å². The van der Waals surface area contributed by atoms with E-state index in [-0.39, 0.29) is 23.8 Å². The molecule has 1 aliphatic rings. The molecule has 4 aromatic carbocycles. The van der Waals surface area contributed by atoms with Gasteiger partial charge in [0, 0.05) is 17.8 Å². The van der Waals surface area contributed by atoms with E-state index in [0.29, 0.717) is 55.7 Å². The second kappa shape index (κ2) is 14.4. The van der Waals surface area contributed by atoms with Gasteiger partial charge in [-0.05, 0) is 85.1 Å². The highest BCUT2D eigenvalue weighted by molar-refractivity contribution is 7.07. The highest BCUT2D eigenvalue weighted by atomic mass is 32.1. The number of carbonyl (C=O) groups excluding carboxylic acids is 1. The molecule has 1 amide bonds. The monoisotopic (exact) mass is 676 g/mol. The van der Waals surface area contributed by atoms with Crippen molar-refractivity contribution < 1.29 is 23.9 Å². The summed E-state index contributed by atoms with van der Waals surface area (Å²) in [5.41, 5.74) is 3.41. The number of carbonyl (C=O) groups is 1. The standard InChI is InChI=1S/C37H32N4O7S/c1-4-47-31-20-25(12-19-30(31)48-22-24-10-15-28(16-11-24)41(44)45)21-32-36(43)40-34(26-13-17-29(46-3)18-14-26)33(23(2)38-37(40)49-32)35(42)39-27-8-6-5-7-9-27/h5-21,34H,4,22H2,1-3H3,(H,39,42)/b32-21+/t34-/m0/s1. The van der Waals surface area contributed by atoms with Gasteiger partial charge in [0.1, 0.15) is 12.4 Å². The van der Waals surface area contributed by atoms with Crippen LogP contribution in [0.2, 0.25) is 0 Å². The summed E-state index contributed by atoms with van der Waals surface area (Å²) in [5, 5.41) is 13.9. The second-order valence-electron chi connectivity index (χ2n) is 11.0. The zero-order chi connectivity index (χ0) is 34.5. The molecule has 0 radical (unpaired) electrons. The van der Waals surface area contributed by atoms with Crippen molar-refractivity contribution in [2.75, 3.05) is 19.0 Å². The van der Waals surface area contributed by atoms with Gasteiger partial charge < -0.3 is 19.5 Å². The summed E-state index contributed by atoms with van der Waals surface area (Å²) in [6, 6.07) is 27.2. The van der Waals surface area contributed by atoms with E-state index in [1.807, 2.05) is 43.3 Å². The SMILES string of the molecule is CCOc1cc(/C=c2/sc3n(c2=O)[C@@H](c2ccc(OC)cc2)C(C(=O)Nc2ccccc2)=C(C)N=3)ccc1OCc1ccc([N+](=O)[O-])cc1. The van der Waals surface area contributed by atoms with E-state index in [1.54, 1.807) is 73.2 Å². The fourth-order valence-electron chi connectivity index (χ4n) is 5.46. The molecule has 2 heterocycles. The molecule has 1 N–H and O–H groups in total. The van der Waals surface area contributed by atoms with Crippen LogP contribution in [0.25, 0.3) is 6.08 Å². The number of nitrogens with zero attached hydrogens (tertiary/aromatic N) is 3. The number of nitro groups is 1. The van der Waals surface area contributed by atoms with Crippen LogP contribution < -0.4 is 34.4 Å². The van der Waals surface area contributed by atoms with Gasteiger partial charge in [0.25, 0.3) is 17.2 Å². The quantitative estimate of drug-likeness (QED) is 0.139. The lowest BCUT2D eigenvalue weighted by Gasteiger charge is -2.25. The van der Waals surface area contributed by atoms with E-state index in [1.165, 1.54) is 23.5 Å². The molecule has 0 aliphatic carbocycles. The number of amides is 1. The predicted molar refractivity (Wildman–Crippen MR) is 187 cm³/mol. The van der Waals surface area contributed by atoms with Crippen LogP contribution in [0, 0.1) is 10.1 Å². The van der Waals surface area contributed by atoms with E-state index in [4.69, 9.17) is 19.2 Å². The molecule has 1 aromatic heterocycles. The van der Waals surface area contributed by atoms with Crippen molar-refractivity contribution in [1.82, 2.24) is 4.57 Å². The van der Waals surface area contributed by atoms with E-state index >= 15 is 0 Å². The number of nitro benzene ring substituents is 1. The van der Waals surface area contributed by atoms with Crippen LogP contribution in [0.15, 0.2) is 118 Å². The first kappa shape index (κ1) is 32.9. The number of nitrogens with one attached hydrogen (secondary N) is 1. The zero-order valence-corrected chi connectivity index (χ0v) is 27.7. The maximum atomic E-state index is 14.2. The van der Waals surface area contributed by atoms with Crippen molar-refractivity contribution in [2.24, 2.45) is 4.99 Å². The van der Waals surface area contributed by atoms with Gasteiger partial charge in [-0.1, -0.05) is 47.7 Å². The number of para-hydroxylation sites is 1. The minimum atomic E-state index is -0.734. The highest BCUT2D eigenvalue weighted by Gasteiger charge is 2.32. The molecule has 6 rings (SSSR count). The third kappa shape index (κ3) is 7.14. The van der Waals surface area contributed by atoms with E-state index < -0.39 is 11.0 Å². The van der Waals surface area contributed by atoms with Crippen molar-refractivity contribution in [2.45, 2.75) is 26.5 Å². The first-order valence-corrected chi connectivity index (χ1v) is 16.2. The second-order valence-corrected chi connectivity index (χ2v) is 12.0. The number of hydrogen-bond acceptors (Lipinski definition) is 9. The molecule has 1 atom stereocenters. The lowest BCUT2D eigenvalue weighted by Crippen LogP contribution is -2.40. The molecule has 0 saturated heterocycles. The number of allylic oxidation sites excluding steroid dienone is 1. The Morgan fingerprint density at radius 3 is 2.41 bits per heavy atom. The summed E-state index contributed by atoms with van der Waals surface area (Å²) in [5.74, 6) is 1.27. The summed E-state index contributed by atoms with van der Waals surface area (Å²) in [6.45, 7) is 4.20. The predicted octanol–water partition coefficient (Wildman–Crippen LogP) is 5.77. The Balaban J connectivity index is 1.36. The van der Waals surface area contributed by atoms with Crippen molar-refractivity contribution in [1.29, 1.82) is 0 Å². The van der Waals surface area contributed by atoms with Gasteiger partial charge in [0.15, 0.2) is 16.3 Å². The van der Waals surface area contributed by atoms with Crippen LogP contribution in [-0.2, 0) is 11.4 Å². The normalized spacial score (nSPS) is 14.1. The van der Waals surface area contributed by atoms with Crippen molar-refractivity contribution in [3.63, 3.8) is 0 Å². The zero-order valence-electron chi connectivity index (χ0n) is 26.9. The molecule has 0 saturated carbocycles. The van der Waals surface area contributed by atoms with Gasteiger partial charge in [-0.2, -0.15) is 0 Å². The molecular weight excluding hydrogens is 644 g/mol. The van der Waals surface area contributed by atoms with Crippen LogP contribution in [0.4, 0.5) is 11.4 Å². The van der Waals surface area contributed by atoms with Crippen molar-refractivity contribution in [3.8, 4) is 17.2 Å². The number of rotatable bonds is 11. The van der Waals surface area contributed by atoms with Crippen molar-refractivity contribution in [3.05, 3.63) is 155 Å². The first-order valence-electron chi connectivity index (χ1n) is 15.4. The Hall–Kier alpha value is -6.01. The van der Waals surface area contributed by atoms with Gasteiger partial charge >= 0.3 is 0 Å². The lowest BCUT2D eigenvalue weighted by molar-refractivity contribution is -0.384. The highest BCUT2D eigenvalue weighted by Crippen LogP contribution is 2.32. The van der Waals surface area contributed by atoms with Gasteiger partial charge in [0.05, 0.1) is 40.5 Å². The fraction of sp³-hybridized carbons (Fsp3) is 0.162. The Labute approximate surface area is 285 Å². The summed E-state index contributed by atoms with van der Waals surface area (Å²) < 4.78 is 19.2. The third-order valence-corrected chi connectivity index (χ3v) is 8.82. The Morgan fingerprint density at radius 2 is 1.73 bits per heavy atom. The smallest absolute Gasteiger partial charge is 0.271 e. The number of anilines is 1. The van der Waals surface area contributed by atoms with E-state index in [9.17, 15) is 19.7 Å². The molecule has 0 spiro atoms. The number of non-ortho nitro benzene ring substituents is 1. The Morgan fingerprint density at radius 1 is 1.00 bits per heavy atom. The maximum Gasteiger partial charge on any atom is 0.271 e. The molecule has 0 fully saturated rings. The largest absolute Gasteiger partial charge is 0.497 e. The van der Waals surface area contributed by atoms with Crippen LogP contribution >= 0.6 is 11.3 Å². The fourth-order valence-corrected chi connectivity index (χ4v) is 6.51. The molecule has 12 heteroatoms. The molecule has 11 nitrogen and oxygen atoms in total. The number of ether oxygens (including phenoxy) is 3. The van der Waals surface area contributed by atoms with Gasteiger partial charge in [-0.25, -0.2) is 4.99 Å². The topological polar surface area (TPSA) is 134 Å². The van der Waals surface area contributed by atoms with Crippen LogP contribution in [0.1, 0.15) is 36.6 Å². The number of thiazole rings is 1. The minimum absolute atomic E-state index is 0.00513. The first-order chi connectivity index (χ1) is 23.7. The van der Waals surface area contributed by atoms with Crippen LogP contribution in [0.5, 0.6) is 17.2 Å². The number of hydrogen-bond donors (Lipinski definition) is 1. The van der Waals surface area contributed by atoms with E-state index in [0.717, 1.165) is 11.1 Å². The van der Waals surface area contributed by atoms with Crippen LogP contribution in [-0.4, -0.2) is 29.1 Å². The summed E-state index contributed by atoms with van der Waals surface area (Å²) in [7, 11) is 1.58. The molecule has 1 aliphatic heterocycles. The Kier molecular flexibility index (Phi) is 9.67. The molecular formula is C37H32N4O7S. The minimum Gasteiger partial charge on any atom is -0.497 e. The number of benzene rings is 4. The van der Waals surface area contributed by atoms with E-state index in [2.05, 4.69) is 5.32 Å².